The lowest BCUT2D eigenvalue weighted by Crippen LogP contribution is -2.52. The van der Waals surface area contributed by atoms with Crippen LogP contribution in [0.4, 0.5) is 0 Å². The van der Waals surface area contributed by atoms with Gasteiger partial charge in [0.15, 0.2) is 6.54 Å². The molecule has 0 aliphatic carbocycles. The topological polar surface area (TPSA) is 52.6 Å². The Bertz CT molecular complexity index is 296. The molecule has 0 saturated carbocycles. The summed E-state index contributed by atoms with van der Waals surface area (Å²) in [4.78, 5) is 22.8. The molecule has 1 unspecified atom stereocenters. The molecular weight excluding hydrogens is 246 g/mol. The van der Waals surface area contributed by atoms with Crippen molar-refractivity contribution < 1.29 is 23.5 Å². The number of likely N-dealkylation sites (N-methyl/N-ethyl adjacent to an activating group) is 1. The predicted molar refractivity (Wildman–Crippen MR) is 64.2 cm³/mol. The molecule has 0 saturated heterocycles. The van der Waals surface area contributed by atoms with E-state index in [-0.39, 0.29) is 11.0 Å². The molecule has 0 heterocycles. The molecule has 0 bridgehead atoms. The summed E-state index contributed by atoms with van der Waals surface area (Å²) < 4.78 is 9.68. The van der Waals surface area contributed by atoms with Gasteiger partial charge in [-0.3, -0.25) is 9.28 Å². The first-order valence-corrected chi connectivity index (χ1v) is 5.69. The van der Waals surface area contributed by atoms with Gasteiger partial charge in [-0.25, -0.2) is 4.79 Å². The second-order valence-electron chi connectivity index (χ2n) is 5.46. The summed E-state index contributed by atoms with van der Waals surface area (Å²) in [5, 5.41) is 0. The van der Waals surface area contributed by atoms with Crippen LogP contribution in [0.2, 0.25) is 0 Å². The summed E-state index contributed by atoms with van der Waals surface area (Å²) in [6.45, 7) is 5.24. The lowest BCUT2D eigenvalue weighted by Gasteiger charge is -2.33. The number of methoxy groups -OCH3 is 1. The Labute approximate surface area is 107 Å². The van der Waals surface area contributed by atoms with Crippen LogP contribution in [0.3, 0.4) is 0 Å². The number of ether oxygens (including phenoxy) is 2. The maximum absolute atomic E-state index is 11.6. The third-order valence-electron chi connectivity index (χ3n) is 2.13. The molecule has 5 nitrogen and oxygen atoms in total. The normalized spacial score (nSPS) is 14.1. The number of halogens is 1. The van der Waals surface area contributed by atoms with E-state index in [0.29, 0.717) is 0 Å². The van der Waals surface area contributed by atoms with E-state index >= 15 is 0 Å². The average molecular weight is 267 g/mol. The molecule has 0 aromatic heterocycles. The van der Waals surface area contributed by atoms with E-state index in [1.54, 1.807) is 34.9 Å². The van der Waals surface area contributed by atoms with Gasteiger partial charge in [0.05, 0.1) is 26.6 Å². The highest BCUT2D eigenvalue weighted by Gasteiger charge is 2.35. The van der Waals surface area contributed by atoms with Gasteiger partial charge in [-0.05, 0) is 32.4 Å². The van der Waals surface area contributed by atoms with Crippen LogP contribution in [0.25, 0.3) is 0 Å². The highest BCUT2D eigenvalue weighted by atomic mass is 35.5. The minimum atomic E-state index is -0.930. The molecule has 100 valence electrons. The van der Waals surface area contributed by atoms with Crippen LogP contribution >= 0.6 is 11.6 Å². The number of nitrogens with zero attached hydrogens (tertiary/aromatic N) is 1. The largest absolute Gasteiger partial charge is 0.465 e. The van der Waals surface area contributed by atoms with E-state index in [9.17, 15) is 9.59 Å². The van der Waals surface area contributed by atoms with Gasteiger partial charge < -0.3 is 9.47 Å². The van der Waals surface area contributed by atoms with E-state index in [4.69, 9.17) is 16.3 Å². The van der Waals surface area contributed by atoms with E-state index in [2.05, 4.69) is 4.74 Å². The van der Waals surface area contributed by atoms with Gasteiger partial charge in [0.1, 0.15) is 0 Å². The van der Waals surface area contributed by atoms with Gasteiger partial charge in [0.2, 0.25) is 0 Å². The second kappa shape index (κ2) is 5.69. The van der Waals surface area contributed by atoms with E-state index in [1.165, 1.54) is 7.11 Å². The number of carbonyl (C=O) groups is 2. The number of hydrogen-bond acceptors (Lipinski definition) is 4. The third kappa shape index (κ3) is 5.37. The van der Waals surface area contributed by atoms with Crippen LogP contribution in [-0.2, 0) is 19.1 Å². The number of rotatable bonds is 4. The molecule has 0 rings (SSSR count). The summed E-state index contributed by atoms with van der Waals surface area (Å²) in [5.74, 6) is -0.818. The first-order chi connectivity index (χ1) is 7.50. The molecule has 0 aromatic rings. The lowest BCUT2D eigenvalue weighted by molar-refractivity contribution is -0.913. The van der Waals surface area contributed by atoms with Crippen molar-refractivity contribution in [1.82, 2.24) is 0 Å². The number of alkyl halides is 1. The van der Waals surface area contributed by atoms with Crippen molar-refractivity contribution in [2.75, 3.05) is 27.7 Å². The summed E-state index contributed by atoms with van der Waals surface area (Å²) in [7, 11) is 4.67. The Morgan fingerprint density at radius 2 is 1.76 bits per heavy atom. The van der Waals surface area contributed by atoms with Gasteiger partial charge in [-0.2, -0.15) is 0 Å². The standard InChI is InChI=1S/C11H21ClNO4/c1-11(2,3)9(15)17-10(12)13(4,5)7-8(14)16-6/h10H,7H2,1-6H3/q+1. The summed E-state index contributed by atoms with van der Waals surface area (Å²) >= 11 is 6.00. The predicted octanol–water partition coefficient (Wildman–Crippen LogP) is 1.35. The molecule has 0 radical (unpaired) electrons. The smallest absolute Gasteiger partial charge is 0.361 e. The van der Waals surface area contributed by atoms with Crippen LogP contribution in [0.5, 0.6) is 0 Å². The maximum Gasteiger partial charge on any atom is 0.361 e. The molecule has 0 fully saturated rings. The highest BCUT2D eigenvalue weighted by molar-refractivity contribution is 6.19. The number of hydrogen-bond donors (Lipinski definition) is 0. The fourth-order valence-electron chi connectivity index (χ4n) is 0.877. The molecule has 0 aromatic carbocycles. The van der Waals surface area contributed by atoms with Gasteiger partial charge >= 0.3 is 17.6 Å². The Kier molecular flexibility index (Phi) is 5.42. The molecular formula is C11H21ClNO4+. The maximum atomic E-state index is 11.6. The quantitative estimate of drug-likeness (QED) is 0.253. The zero-order valence-electron chi connectivity index (χ0n) is 11.2. The second-order valence-corrected chi connectivity index (χ2v) is 5.83. The summed E-state index contributed by atoms with van der Waals surface area (Å²) in [6.07, 6.45) is 0. The van der Waals surface area contributed by atoms with Crippen molar-refractivity contribution in [3.05, 3.63) is 0 Å². The van der Waals surface area contributed by atoms with Crippen LogP contribution in [0.15, 0.2) is 0 Å². The van der Waals surface area contributed by atoms with Gasteiger partial charge in [-0.15, -0.1) is 0 Å². The van der Waals surface area contributed by atoms with Gasteiger partial charge in [-0.1, -0.05) is 0 Å². The Morgan fingerprint density at radius 1 is 1.29 bits per heavy atom. The summed E-state index contributed by atoms with van der Waals surface area (Å²) in [6, 6.07) is 0. The molecule has 0 spiro atoms. The monoisotopic (exact) mass is 266 g/mol. The Hall–Kier alpha value is -0.810. The SMILES string of the molecule is COC(=O)C[N+](C)(C)C(Cl)OC(=O)C(C)(C)C. The van der Waals surface area contributed by atoms with Crippen molar-refractivity contribution in [1.29, 1.82) is 0 Å². The van der Waals surface area contributed by atoms with Gasteiger partial charge in [0.25, 0.3) is 0 Å². The minimum Gasteiger partial charge on any atom is -0.465 e. The molecule has 1 atom stereocenters. The van der Waals surface area contributed by atoms with Gasteiger partial charge in [0, 0.05) is 0 Å². The molecule has 0 aliphatic rings. The molecule has 6 heteroatoms. The van der Waals surface area contributed by atoms with Crippen molar-refractivity contribution in [3.8, 4) is 0 Å². The van der Waals surface area contributed by atoms with E-state index in [1.807, 2.05) is 0 Å². The zero-order valence-corrected chi connectivity index (χ0v) is 12.0. The molecule has 0 amide bonds. The van der Waals surface area contributed by atoms with Crippen molar-refractivity contribution >= 4 is 23.5 Å². The molecule has 0 aliphatic heterocycles. The zero-order chi connectivity index (χ0) is 13.9. The average Bonchev–Trinajstić information content (AvgIpc) is 2.15. The van der Waals surface area contributed by atoms with Crippen molar-refractivity contribution in [3.63, 3.8) is 0 Å². The first-order valence-electron chi connectivity index (χ1n) is 5.25. The Morgan fingerprint density at radius 3 is 2.12 bits per heavy atom. The van der Waals surface area contributed by atoms with E-state index < -0.39 is 23.0 Å². The summed E-state index contributed by atoms with van der Waals surface area (Å²) in [5.41, 5.74) is -1.56. The fraction of sp³-hybridized carbons (Fsp3) is 0.818. The Balaban J connectivity index is 4.54. The first kappa shape index (κ1) is 16.2. The fourth-order valence-corrected chi connectivity index (χ4v) is 1.03. The minimum absolute atomic E-state index is 0.00997. The lowest BCUT2D eigenvalue weighted by atomic mass is 9.97. The van der Waals surface area contributed by atoms with Crippen LogP contribution in [0, 0.1) is 5.41 Å². The van der Waals surface area contributed by atoms with Crippen LogP contribution in [0.1, 0.15) is 20.8 Å². The number of quaternary nitrogens is 1. The molecule has 0 N–H and O–H groups in total. The number of carbonyl (C=O) groups excluding carboxylic acids is 2. The van der Waals surface area contributed by atoms with Crippen LogP contribution in [-0.4, -0.2) is 49.9 Å². The highest BCUT2D eigenvalue weighted by Crippen LogP contribution is 2.21. The van der Waals surface area contributed by atoms with Crippen molar-refractivity contribution in [2.45, 2.75) is 26.5 Å². The number of esters is 2. The van der Waals surface area contributed by atoms with Crippen molar-refractivity contribution in [2.24, 2.45) is 5.41 Å². The molecule has 17 heavy (non-hydrogen) atoms. The van der Waals surface area contributed by atoms with Crippen LogP contribution < -0.4 is 0 Å². The third-order valence-corrected chi connectivity index (χ3v) is 2.75. The van der Waals surface area contributed by atoms with E-state index in [0.717, 1.165) is 0 Å².